The summed E-state index contributed by atoms with van der Waals surface area (Å²) < 4.78 is 14.6. The number of methoxy groups -OCH3 is 2. The Morgan fingerprint density at radius 3 is 1.76 bits per heavy atom. The quantitative estimate of drug-likeness (QED) is 0.787. The predicted octanol–water partition coefficient (Wildman–Crippen LogP) is 3.90. The molecule has 0 saturated carbocycles. The van der Waals surface area contributed by atoms with Crippen LogP contribution in [0.5, 0.6) is 17.2 Å². The highest BCUT2D eigenvalue weighted by Crippen LogP contribution is 2.45. The Kier molecular flexibility index (Phi) is 7.27. The van der Waals surface area contributed by atoms with Gasteiger partial charge in [-0.2, -0.15) is 0 Å². The number of rotatable bonds is 3. The summed E-state index contributed by atoms with van der Waals surface area (Å²) in [4.78, 5) is 0. The van der Waals surface area contributed by atoms with Crippen LogP contribution >= 0.6 is 23.2 Å². The molecule has 6 heteroatoms. The average molecular weight is 278 g/mol. The van der Waals surface area contributed by atoms with Crippen LogP contribution in [0, 0.1) is 11.5 Å². The minimum atomic E-state index is 0.0250. The number of hydrogen-bond acceptors (Lipinski definition) is 4. The number of ether oxygens (including phenoxy) is 3. The van der Waals surface area contributed by atoms with Gasteiger partial charge < -0.3 is 14.2 Å². The maximum absolute atomic E-state index is 8.42. The highest BCUT2D eigenvalue weighted by molar-refractivity contribution is 6.39. The molecular formula is C11H13Cl2NO3. The summed E-state index contributed by atoms with van der Waals surface area (Å²) in [6.07, 6.45) is 1.49. The van der Waals surface area contributed by atoms with Crippen molar-refractivity contribution in [3.05, 3.63) is 16.1 Å². The van der Waals surface area contributed by atoms with Gasteiger partial charge in [-0.05, 0) is 0 Å². The van der Waals surface area contributed by atoms with E-state index in [9.17, 15) is 0 Å². The Balaban J connectivity index is 0.00000121. The second-order valence-corrected chi connectivity index (χ2v) is 3.19. The van der Waals surface area contributed by atoms with Gasteiger partial charge in [0, 0.05) is 6.07 Å². The molecule has 0 aromatic heterocycles. The molecule has 0 N–H and O–H groups in total. The van der Waals surface area contributed by atoms with Crippen molar-refractivity contribution in [1.29, 1.82) is 5.26 Å². The number of hydrogen-bond donors (Lipinski definition) is 0. The summed E-state index contributed by atoms with van der Waals surface area (Å²) in [6, 6.07) is 1.51. The van der Waals surface area contributed by atoms with E-state index in [4.69, 9.17) is 37.9 Å². The van der Waals surface area contributed by atoms with Crippen LogP contribution in [-0.4, -0.2) is 14.2 Å². The molecule has 0 heterocycles. The molecular weight excluding hydrogens is 265 g/mol. The van der Waals surface area contributed by atoms with Crippen LogP contribution in [0.25, 0.3) is 0 Å². The van der Waals surface area contributed by atoms with E-state index in [0.29, 0.717) is 11.5 Å². The number of nitriles is 1. The molecule has 0 amide bonds. The molecule has 0 saturated heterocycles. The third-order valence-electron chi connectivity index (χ3n) is 1.68. The van der Waals surface area contributed by atoms with Crippen molar-refractivity contribution in [3.8, 4) is 23.5 Å². The van der Waals surface area contributed by atoms with E-state index in [2.05, 4.69) is 4.74 Å². The third-order valence-corrected chi connectivity index (χ3v) is 2.40. The van der Waals surface area contributed by atoms with E-state index in [1.54, 1.807) is 0 Å². The SMILES string of the molecule is CC.COc1cc(OC)c(Cl)c(OC#N)c1Cl. The van der Waals surface area contributed by atoms with Crippen LogP contribution in [-0.2, 0) is 0 Å². The number of benzene rings is 1. The van der Waals surface area contributed by atoms with Gasteiger partial charge in [-0.3, -0.25) is 0 Å². The molecule has 0 aliphatic carbocycles. The molecule has 0 spiro atoms. The van der Waals surface area contributed by atoms with Crippen molar-refractivity contribution >= 4 is 23.2 Å². The molecule has 0 fully saturated rings. The predicted molar refractivity (Wildman–Crippen MR) is 67.2 cm³/mol. The lowest BCUT2D eigenvalue weighted by atomic mass is 10.3. The van der Waals surface area contributed by atoms with Crippen molar-refractivity contribution < 1.29 is 14.2 Å². The lowest BCUT2D eigenvalue weighted by Gasteiger charge is -2.11. The van der Waals surface area contributed by atoms with Crippen molar-refractivity contribution in [2.24, 2.45) is 0 Å². The van der Waals surface area contributed by atoms with Crippen LogP contribution < -0.4 is 14.2 Å². The van der Waals surface area contributed by atoms with E-state index in [-0.39, 0.29) is 15.8 Å². The van der Waals surface area contributed by atoms with Crippen molar-refractivity contribution in [3.63, 3.8) is 0 Å². The van der Waals surface area contributed by atoms with E-state index >= 15 is 0 Å². The van der Waals surface area contributed by atoms with Crippen molar-refractivity contribution in [2.75, 3.05) is 14.2 Å². The van der Waals surface area contributed by atoms with E-state index in [0.717, 1.165) is 0 Å². The molecule has 1 aromatic carbocycles. The fourth-order valence-corrected chi connectivity index (χ4v) is 1.58. The van der Waals surface area contributed by atoms with Gasteiger partial charge in [0.1, 0.15) is 21.5 Å². The number of nitrogens with zero attached hydrogens (tertiary/aromatic N) is 1. The average Bonchev–Trinajstić information content (AvgIpc) is 2.37. The summed E-state index contributed by atoms with van der Waals surface area (Å²) in [5.41, 5.74) is 0. The standard InChI is InChI=1S/C9H7Cl2NO3.C2H6/c1-13-5-3-6(14-2)8(11)9(7(5)10)15-4-12;1-2/h3H,1-2H3;1-2H3. The fourth-order valence-electron chi connectivity index (χ4n) is 0.998. The van der Waals surface area contributed by atoms with E-state index < -0.39 is 0 Å². The summed E-state index contributed by atoms with van der Waals surface area (Å²) in [5.74, 6) is 0.670. The van der Waals surface area contributed by atoms with E-state index in [1.165, 1.54) is 26.5 Å². The smallest absolute Gasteiger partial charge is 0.292 e. The third kappa shape index (κ3) is 3.58. The second-order valence-electron chi connectivity index (χ2n) is 2.43. The van der Waals surface area contributed by atoms with Crippen LogP contribution in [0.1, 0.15) is 13.8 Å². The van der Waals surface area contributed by atoms with Crippen LogP contribution in [0.15, 0.2) is 6.07 Å². The van der Waals surface area contributed by atoms with Gasteiger partial charge in [0.25, 0.3) is 6.26 Å². The maximum Gasteiger partial charge on any atom is 0.292 e. The zero-order valence-corrected chi connectivity index (χ0v) is 11.5. The van der Waals surface area contributed by atoms with Gasteiger partial charge in [-0.15, -0.1) is 5.26 Å². The first-order valence-corrected chi connectivity index (χ1v) is 5.57. The Bertz CT molecular complexity index is 388. The van der Waals surface area contributed by atoms with Gasteiger partial charge in [0.05, 0.1) is 14.2 Å². The summed E-state index contributed by atoms with van der Waals surface area (Å²) in [6.45, 7) is 4.00. The van der Waals surface area contributed by atoms with Crippen LogP contribution in [0.3, 0.4) is 0 Å². The van der Waals surface area contributed by atoms with Crippen molar-refractivity contribution in [1.82, 2.24) is 0 Å². The molecule has 4 nitrogen and oxygen atoms in total. The normalized spacial score (nSPS) is 8.53. The lowest BCUT2D eigenvalue weighted by Crippen LogP contribution is -1.93. The molecule has 0 aliphatic rings. The molecule has 0 radical (unpaired) electrons. The van der Waals surface area contributed by atoms with Gasteiger partial charge in [0.15, 0.2) is 5.75 Å². The highest BCUT2D eigenvalue weighted by atomic mass is 35.5. The molecule has 0 bridgehead atoms. The summed E-state index contributed by atoms with van der Waals surface area (Å²) in [7, 11) is 2.87. The monoisotopic (exact) mass is 277 g/mol. The first-order valence-electron chi connectivity index (χ1n) is 4.81. The molecule has 0 aliphatic heterocycles. The molecule has 1 aromatic rings. The molecule has 0 atom stereocenters. The van der Waals surface area contributed by atoms with Gasteiger partial charge in [0.2, 0.25) is 0 Å². The minimum Gasteiger partial charge on any atom is -0.495 e. The van der Waals surface area contributed by atoms with Gasteiger partial charge >= 0.3 is 0 Å². The molecule has 94 valence electrons. The topological polar surface area (TPSA) is 51.5 Å². The van der Waals surface area contributed by atoms with Gasteiger partial charge in [-0.25, -0.2) is 0 Å². The Labute approximate surface area is 111 Å². The van der Waals surface area contributed by atoms with Crippen molar-refractivity contribution in [2.45, 2.75) is 13.8 Å². The largest absolute Gasteiger partial charge is 0.495 e. The van der Waals surface area contributed by atoms with Crippen LogP contribution in [0.2, 0.25) is 10.0 Å². The number of halogens is 2. The molecule has 17 heavy (non-hydrogen) atoms. The minimum absolute atomic E-state index is 0.0250. The van der Waals surface area contributed by atoms with E-state index in [1.807, 2.05) is 13.8 Å². The molecule has 0 unspecified atom stereocenters. The Morgan fingerprint density at radius 2 is 1.47 bits per heavy atom. The van der Waals surface area contributed by atoms with Crippen LogP contribution in [0.4, 0.5) is 0 Å². The zero-order chi connectivity index (χ0) is 13.4. The maximum atomic E-state index is 8.42. The summed E-state index contributed by atoms with van der Waals surface area (Å²) >= 11 is 11.8. The zero-order valence-electron chi connectivity index (χ0n) is 10.0. The Hall–Kier alpha value is -1.31. The highest BCUT2D eigenvalue weighted by Gasteiger charge is 2.18. The van der Waals surface area contributed by atoms with Gasteiger partial charge in [-0.1, -0.05) is 37.0 Å². The second kappa shape index (κ2) is 7.88. The summed E-state index contributed by atoms with van der Waals surface area (Å²) in [5, 5.41) is 8.68. The Morgan fingerprint density at radius 1 is 1.06 bits per heavy atom. The fraction of sp³-hybridized carbons (Fsp3) is 0.364. The molecule has 1 rings (SSSR count). The first-order chi connectivity index (χ1) is 8.15. The first kappa shape index (κ1) is 15.7. The lowest BCUT2D eigenvalue weighted by molar-refractivity contribution is 0.388.